The normalized spacial score (nSPS) is 13.7. The number of hydrogen-bond acceptors (Lipinski definition) is 7. The number of primary amides is 1. The molecule has 0 atom stereocenters. The number of nitrogens with zero attached hydrogens (tertiary/aromatic N) is 5. The molecule has 3 N–H and O–H groups in total. The minimum absolute atomic E-state index is 0.0527. The van der Waals surface area contributed by atoms with Crippen LogP contribution in [0.25, 0.3) is 22.1 Å². The third-order valence-corrected chi connectivity index (χ3v) is 8.34. The van der Waals surface area contributed by atoms with Gasteiger partial charge >= 0.3 is 0 Å². The second-order valence-electron chi connectivity index (χ2n) is 12.4. The first-order chi connectivity index (χ1) is 22.0. The first-order valence-corrected chi connectivity index (χ1v) is 15.2. The van der Waals surface area contributed by atoms with Gasteiger partial charge in [-0.2, -0.15) is 14.9 Å². The minimum atomic E-state index is -0.649. The van der Waals surface area contributed by atoms with Crippen molar-refractivity contribution in [3.8, 4) is 11.4 Å². The monoisotopic (exact) mass is 620 g/mol. The van der Waals surface area contributed by atoms with Crippen molar-refractivity contribution in [2.45, 2.75) is 39.2 Å². The molecule has 0 radical (unpaired) electrons. The number of morpholine rings is 1. The summed E-state index contributed by atoms with van der Waals surface area (Å²) in [6.45, 7) is 8.07. The second kappa shape index (κ2) is 12.3. The molecule has 46 heavy (non-hydrogen) atoms. The first kappa shape index (κ1) is 30.9. The summed E-state index contributed by atoms with van der Waals surface area (Å²) in [5.41, 5.74) is 9.77. The highest BCUT2D eigenvalue weighted by molar-refractivity contribution is 5.95. The van der Waals surface area contributed by atoms with Gasteiger partial charge in [-0.05, 0) is 52.9 Å². The Morgan fingerprint density at radius 2 is 1.72 bits per heavy atom. The number of aliphatic hydroxyl groups excluding tert-OH is 1. The maximum atomic E-state index is 13.6. The number of fused-ring (bicyclic) bond motifs is 1. The summed E-state index contributed by atoms with van der Waals surface area (Å²) in [7, 11) is 0. The van der Waals surface area contributed by atoms with Gasteiger partial charge in [0.25, 0.3) is 17.4 Å². The van der Waals surface area contributed by atoms with Crippen LogP contribution in [0.1, 0.15) is 63.9 Å². The Labute approximate surface area is 265 Å². The summed E-state index contributed by atoms with van der Waals surface area (Å²) in [5, 5.41) is 20.9. The fourth-order valence-corrected chi connectivity index (χ4v) is 5.70. The van der Waals surface area contributed by atoms with Crippen molar-refractivity contribution in [2.75, 3.05) is 26.3 Å². The summed E-state index contributed by atoms with van der Waals surface area (Å²) in [6.07, 6.45) is 3.46. The number of benzene rings is 3. The Bertz CT molecular complexity index is 2000. The van der Waals surface area contributed by atoms with Gasteiger partial charge in [0.15, 0.2) is 0 Å². The number of aliphatic hydroxyl groups is 1. The van der Waals surface area contributed by atoms with Crippen LogP contribution >= 0.6 is 0 Å². The first-order valence-electron chi connectivity index (χ1n) is 15.2. The van der Waals surface area contributed by atoms with Crippen LogP contribution in [0.15, 0.2) is 77.9 Å². The van der Waals surface area contributed by atoms with E-state index in [9.17, 15) is 19.5 Å². The zero-order chi connectivity index (χ0) is 32.6. The summed E-state index contributed by atoms with van der Waals surface area (Å²) >= 11 is 0. The van der Waals surface area contributed by atoms with Crippen molar-refractivity contribution in [3.63, 3.8) is 0 Å². The lowest BCUT2D eigenvalue weighted by Crippen LogP contribution is -2.40. The van der Waals surface area contributed by atoms with Crippen LogP contribution in [-0.4, -0.2) is 67.7 Å². The lowest BCUT2D eigenvalue weighted by atomic mass is 9.86. The van der Waals surface area contributed by atoms with Gasteiger partial charge in [-0.15, -0.1) is 0 Å². The number of amides is 2. The molecule has 2 amide bonds. The van der Waals surface area contributed by atoms with E-state index in [-0.39, 0.29) is 28.9 Å². The zero-order valence-corrected chi connectivity index (χ0v) is 26.1. The molecule has 11 nitrogen and oxygen atoms in total. The highest BCUT2D eigenvalue weighted by atomic mass is 16.5. The Morgan fingerprint density at radius 3 is 2.39 bits per heavy atom. The second-order valence-corrected chi connectivity index (χ2v) is 12.4. The highest BCUT2D eigenvalue weighted by Crippen LogP contribution is 2.27. The molecule has 3 aromatic carbocycles. The molecule has 1 aliphatic rings. The highest BCUT2D eigenvalue weighted by Gasteiger charge is 2.22. The van der Waals surface area contributed by atoms with E-state index in [1.807, 2.05) is 30.3 Å². The van der Waals surface area contributed by atoms with Crippen LogP contribution in [0.4, 0.5) is 0 Å². The number of carbonyl (C=O) groups excluding carboxylic acids is 2. The minimum Gasteiger partial charge on any atom is -0.392 e. The Morgan fingerprint density at radius 1 is 1.00 bits per heavy atom. The van der Waals surface area contributed by atoms with E-state index in [2.05, 4.69) is 31.0 Å². The summed E-state index contributed by atoms with van der Waals surface area (Å²) in [4.78, 5) is 40.7. The van der Waals surface area contributed by atoms with Crippen molar-refractivity contribution in [1.82, 2.24) is 24.5 Å². The number of nitrogens with two attached hydrogens (primary N) is 1. The van der Waals surface area contributed by atoms with E-state index < -0.39 is 12.5 Å². The van der Waals surface area contributed by atoms with Crippen molar-refractivity contribution in [2.24, 2.45) is 5.73 Å². The lowest BCUT2D eigenvalue weighted by molar-refractivity contribution is 0.0303. The summed E-state index contributed by atoms with van der Waals surface area (Å²) in [5.74, 6) is -0.702. The largest absolute Gasteiger partial charge is 0.392 e. The Kier molecular flexibility index (Phi) is 8.28. The predicted molar refractivity (Wildman–Crippen MR) is 174 cm³/mol. The Hall–Kier alpha value is -5.13. The number of carbonyl (C=O) groups is 2. The van der Waals surface area contributed by atoms with Crippen LogP contribution in [0.3, 0.4) is 0 Å². The molecule has 5 aromatic rings. The fourth-order valence-electron chi connectivity index (χ4n) is 5.70. The van der Waals surface area contributed by atoms with Gasteiger partial charge < -0.3 is 20.5 Å². The molecule has 1 fully saturated rings. The van der Waals surface area contributed by atoms with Gasteiger partial charge in [-0.25, -0.2) is 4.68 Å². The van der Waals surface area contributed by atoms with Crippen LogP contribution < -0.4 is 11.3 Å². The molecule has 0 unspecified atom stereocenters. The average Bonchev–Trinajstić information content (AvgIpc) is 3.48. The maximum absolute atomic E-state index is 13.6. The van der Waals surface area contributed by atoms with Crippen LogP contribution in [-0.2, 0) is 23.2 Å². The van der Waals surface area contributed by atoms with Gasteiger partial charge in [0.1, 0.15) is 0 Å². The summed E-state index contributed by atoms with van der Waals surface area (Å²) in [6, 6.07) is 18.1. The Balaban J connectivity index is 1.33. The lowest BCUT2D eigenvalue weighted by Gasteiger charge is -2.26. The molecule has 6 rings (SSSR count). The molecule has 236 valence electrons. The van der Waals surface area contributed by atoms with E-state index in [1.54, 1.807) is 41.4 Å². The van der Waals surface area contributed by atoms with Crippen molar-refractivity contribution < 1.29 is 19.4 Å². The molecule has 11 heteroatoms. The predicted octanol–water partition coefficient (Wildman–Crippen LogP) is 3.52. The third kappa shape index (κ3) is 5.94. The van der Waals surface area contributed by atoms with Gasteiger partial charge in [0.2, 0.25) is 0 Å². The number of ether oxygens (including phenoxy) is 1. The topological polar surface area (TPSA) is 146 Å². The van der Waals surface area contributed by atoms with E-state index >= 15 is 0 Å². The zero-order valence-electron chi connectivity index (χ0n) is 26.1. The van der Waals surface area contributed by atoms with Crippen LogP contribution in [0, 0.1) is 0 Å². The molecule has 1 saturated heterocycles. The molecular formula is C35H36N6O5. The maximum Gasteiger partial charge on any atom is 0.279 e. The molecule has 0 saturated carbocycles. The van der Waals surface area contributed by atoms with Gasteiger partial charge in [0, 0.05) is 42.2 Å². The van der Waals surface area contributed by atoms with Crippen molar-refractivity contribution in [1.29, 1.82) is 0 Å². The third-order valence-electron chi connectivity index (χ3n) is 8.34. The number of aromatic nitrogens is 4. The number of hydrogen-bond donors (Lipinski definition) is 2. The molecule has 0 bridgehead atoms. The van der Waals surface area contributed by atoms with E-state index in [1.165, 1.54) is 15.6 Å². The van der Waals surface area contributed by atoms with Crippen LogP contribution in [0.2, 0.25) is 0 Å². The van der Waals surface area contributed by atoms with Gasteiger partial charge in [-0.1, -0.05) is 45.0 Å². The average molecular weight is 621 g/mol. The molecular weight excluding hydrogens is 584 g/mol. The molecule has 0 spiro atoms. The van der Waals surface area contributed by atoms with Gasteiger partial charge in [-0.3, -0.25) is 14.4 Å². The molecule has 0 aliphatic carbocycles. The summed E-state index contributed by atoms with van der Waals surface area (Å²) < 4.78 is 8.10. The molecule has 3 heterocycles. The van der Waals surface area contributed by atoms with Crippen LogP contribution in [0.5, 0.6) is 0 Å². The standard InChI is InChI=1S/C35H36N6O5/c1-35(2,3)25-11-12-26-24(18-25)19-37-41(34(26)45)31-6-4-5-30(28(31)21-42)40-20-27(32(36)43)29(38-40)17-22-7-9-23(10-8-22)33(44)39-13-15-46-16-14-39/h4-12,18-20,42H,13-17,21H2,1-3H3,(H2,36,43). The SMILES string of the molecule is CC(C)(C)c1ccc2c(=O)n(-c3cccc(-n4cc(C(N)=O)c(Cc5ccc(C(=O)N6CCOCC6)cc5)n4)c3CO)ncc2c1. The van der Waals surface area contributed by atoms with E-state index in [0.29, 0.717) is 59.9 Å². The fraction of sp³-hybridized carbons (Fsp3) is 0.286. The quantitative estimate of drug-likeness (QED) is 0.283. The van der Waals surface area contributed by atoms with Crippen molar-refractivity contribution >= 4 is 22.6 Å². The molecule has 1 aliphatic heterocycles. The number of rotatable bonds is 7. The van der Waals surface area contributed by atoms with Gasteiger partial charge in [0.05, 0.1) is 54.0 Å². The smallest absolute Gasteiger partial charge is 0.279 e. The van der Waals surface area contributed by atoms with E-state index in [0.717, 1.165) is 16.5 Å². The van der Waals surface area contributed by atoms with Crippen molar-refractivity contribution in [3.05, 3.63) is 117 Å². The molecule has 2 aromatic heterocycles. The van der Waals surface area contributed by atoms with E-state index in [4.69, 9.17) is 10.5 Å².